The molecule has 0 radical (unpaired) electrons. The number of alkyl halides is 2. The lowest BCUT2D eigenvalue weighted by atomic mass is 9.84. The van der Waals surface area contributed by atoms with Crippen molar-refractivity contribution in [1.29, 1.82) is 0 Å². The van der Waals surface area contributed by atoms with E-state index in [1.54, 1.807) is 20.8 Å². The van der Waals surface area contributed by atoms with E-state index in [9.17, 15) is 13.6 Å². The Balaban J connectivity index is 2.42. The highest BCUT2D eigenvalue weighted by atomic mass is 19.3. The topological polar surface area (TPSA) is 38.3 Å². The first-order valence-electron chi connectivity index (χ1n) is 5.97. The number of hydrogen-bond acceptors (Lipinski definition) is 2. The molecule has 1 rings (SSSR count). The van der Waals surface area contributed by atoms with Crippen molar-refractivity contribution in [3.63, 3.8) is 0 Å². The van der Waals surface area contributed by atoms with Crippen LogP contribution in [0.5, 0.6) is 0 Å². The molecule has 0 unspecified atom stereocenters. The van der Waals surface area contributed by atoms with E-state index in [1.165, 1.54) is 6.92 Å². The van der Waals surface area contributed by atoms with Crippen LogP contribution in [0.25, 0.3) is 0 Å². The van der Waals surface area contributed by atoms with Gasteiger partial charge in [0.15, 0.2) is 0 Å². The highest BCUT2D eigenvalue weighted by Crippen LogP contribution is 2.38. The summed E-state index contributed by atoms with van der Waals surface area (Å²) in [6.07, 6.45) is -0.0998. The molecule has 5 heteroatoms. The molecule has 0 aromatic heterocycles. The standard InChI is InChI=1S/C12H21F2NO2/c1-8-7-9(5-6-12(8,13)14)15-10(16)17-11(2,3)4/h8-9H,5-7H2,1-4H3,(H,15,16)/t8-,9-/m1/s1. The van der Waals surface area contributed by atoms with Gasteiger partial charge in [0.1, 0.15) is 5.60 Å². The molecule has 0 aromatic carbocycles. The normalized spacial score (nSPS) is 28.6. The number of hydrogen-bond donors (Lipinski definition) is 1. The summed E-state index contributed by atoms with van der Waals surface area (Å²) in [4.78, 5) is 11.5. The van der Waals surface area contributed by atoms with Crippen LogP contribution in [0, 0.1) is 5.92 Å². The van der Waals surface area contributed by atoms with Crippen molar-refractivity contribution in [2.75, 3.05) is 0 Å². The van der Waals surface area contributed by atoms with Gasteiger partial charge in [0, 0.05) is 18.4 Å². The van der Waals surface area contributed by atoms with Crippen LogP contribution in [0.2, 0.25) is 0 Å². The van der Waals surface area contributed by atoms with Gasteiger partial charge in [0.25, 0.3) is 5.92 Å². The van der Waals surface area contributed by atoms with E-state index in [2.05, 4.69) is 5.32 Å². The minimum atomic E-state index is -2.61. The third-order valence-electron chi connectivity index (χ3n) is 2.91. The Hall–Kier alpha value is -0.870. The Morgan fingerprint density at radius 2 is 2.00 bits per heavy atom. The van der Waals surface area contributed by atoms with Crippen LogP contribution in [0.1, 0.15) is 47.0 Å². The maximum atomic E-state index is 13.2. The number of carbonyl (C=O) groups is 1. The minimum absolute atomic E-state index is 0.172. The van der Waals surface area contributed by atoms with Crippen molar-refractivity contribution in [3.05, 3.63) is 0 Å². The predicted octanol–water partition coefficient (Wildman–Crippen LogP) is 3.34. The van der Waals surface area contributed by atoms with Gasteiger partial charge < -0.3 is 10.1 Å². The van der Waals surface area contributed by atoms with E-state index < -0.39 is 23.5 Å². The van der Waals surface area contributed by atoms with Crippen molar-refractivity contribution >= 4 is 6.09 Å². The monoisotopic (exact) mass is 249 g/mol. The van der Waals surface area contributed by atoms with Crippen LogP contribution in [0.15, 0.2) is 0 Å². The number of nitrogens with one attached hydrogen (secondary N) is 1. The Morgan fingerprint density at radius 3 is 2.47 bits per heavy atom. The van der Waals surface area contributed by atoms with Crippen molar-refractivity contribution in [3.8, 4) is 0 Å². The summed E-state index contributed by atoms with van der Waals surface area (Å²) in [7, 11) is 0. The van der Waals surface area contributed by atoms with Gasteiger partial charge in [0.2, 0.25) is 0 Å². The number of amides is 1. The lowest BCUT2D eigenvalue weighted by molar-refractivity contribution is -0.0852. The van der Waals surface area contributed by atoms with Gasteiger partial charge in [-0.3, -0.25) is 0 Å². The molecule has 0 spiro atoms. The Labute approximate surface area is 101 Å². The summed E-state index contributed by atoms with van der Waals surface area (Å²) in [5.41, 5.74) is -0.561. The fourth-order valence-corrected chi connectivity index (χ4v) is 1.94. The van der Waals surface area contributed by atoms with Crippen LogP contribution in [0.3, 0.4) is 0 Å². The molecule has 0 aromatic rings. The largest absolute Gasteiger partial charge is 0.444 e. The number of rotatable bonds is 1. The molecule has 1 saturated carbocycles. The Bertz CT molecular complexity index is 287. The number of carbonyl (C=O) groups excluding carboxylic acids is 1. The summed E-state index contributed by atoms with van der Waals surface area (Å²) >= 11 is 0. The van der Waals surface area contributed by atoms with Crippen molar-refractivity contribution in [2.45, 2.75) is 64.5 Å². The van der Waals surface area contributed by atoms with Crippen LogP contribution < -0.4 is 5.32 Å². The number of ether oxygens (including phenoxy) is 1. The van der Waals surface area contributed by atoms with Crippen LogP contribution in [0.4, 0.5) is 13.6 Å². The lowest BCUT2D eigenvalue weighted by Gasteiger charge is -2.34. The summed E-state index contributed by atoms with van der Waals surface area (Å²) in [6.45, 7) is 6.82. The average Bonchev–Trinajstić information content (AvgIpc) is 2.08. The smallest absolute Gasteiger partial charge is 0.407 e. The fourth-order valence-electron chi connectivity index (χ4n) is 1.94. The maximum absolute atomic E-state index is 13.2. The van der Waals surface area contributed by atoms with E-state index in [4.69, 9.17) is 4.74 Å². The molecular weight excluding hydrogens is 228 g/mol. The molecule has 1 amide bonds. The molecule has 1 aliphatic rings. The molecule has 0 saturated heterocycles. The second kappa shape index (κ2) is 4.78. The zero-order chi connectivity index (χ0) is 13.3. The second-order valence-electron chi connectivity index (χ2n) is 5.78. The van der Waals surface area contributed by atoms with E-state index in [-0.39, 0.29) is 12.5 Å². The average molecular weight is 249 g/mol. The highest BCUT2D eigenvalue weighted by molar-refractivity contribution is 5.68. The van der Waals surface area contributed by atoms with Gasteiger partial charge in [-0.05, 0) is 33.6 Å². The van der Waals surface area contributed by atoms with Gasteiger partial charge in [-0.25, -0.2) is 13.6 Å². The molecule has 0 aliphatic heterocycles. The maximum Gasteiger partial charge on any atom is 0.407 e. The van der Waals surface area contributed by atoms with Gasteiger partial charge in [-0.2, -0.15) is 0 Å². The summed E-state index contributed by atoms with van der Waals surface area (Å²) in [6, 6.07) is -0.209. The zero-order valence-electron chi connectivity index (χ0n) is 10.8. The van der Waals surface area contributed by atoms with Crippen molar-refractivity contribution < 1.29 is 18.3 Å². The molecule has 3 nitrogen and oxygen atoms in total. The number of alkyl carbamates (subject to hydrolysis) is 1. The molecule has 1 N–H and O–H groups in total. The zero-order valence-corrected chi connectivity index (χ0v) is 10.8. The third kappa shape index (κ3) is 4.48. The van der Waals surface area contributed by atoms with E-state index in [0.29, 0.717) is 12.8 Å². The Morgan fingerprint density at radius 1 is 1.41 bits per heavy atom. The van der Waals surface area contributed by atoms with E-state index in [1.807, 2.05) is 0 Å². The van der Waals surface area contributed by atoms with Crippen molar-refractivity contribution in [2.24, 2.45) is 5.92 Å². The van der Waals surface area contributed by atoms with Crippen LogP contribution >= 0.6 is 0 Å². The summed E-state index contributed by atoms with van der Waals surface area (Å²) in [5.74, 6) is -3.30. The number of halogens is 2. The SMILES string of the molecule is C[C@@H]1C[C@H](NC(=O)OC(C)(C)C)CCC1(F)F. The highest BCUT2D eigenvalue weighted by Gasteiger charge is 2.42. The Kier molecular flexibility index (Phi) is 3.99. The third-order valence-corrected chi connectivity index (χ3v) is 2.91. The van der Waals surface area contributed by atoms with Crippen molar-refractivity contribution in [1.82, 2.24) is 5.32 Å². The first kappa shape index (κ1) is 14.2. The molecule has 17 heavy (non-hydrogen) atoms. The van der Waals surface area contributed by atoms with E-state index in [0.717, 1.165) is 0 Å². The molecule has 2 atom stereocenters. The van der Waals surface area contributed by atoms with Gasteiger partial charge in [0.05, 0.1) is 0 Å². The first-order valence-corrected chi connectivity index (χ1v) is 5.97. The quantitative estimate of drug-likeness (QED) is 0.774. The van der Waals surface area contributed by atoms with Gasteiger partial charge >= 0.3 is 6.09 Å². The van der Waals surface area contributed by atoms with Gasteiger partial charge in [-0.15, -0.1) is 0 Å². The molecule has 1 aliphatic carbocycles. The molecular formula is C12H21F2NO2. The second-order valence-corrected chi connectivity index (χ2v) is 5.78. The fraction of sp³-hybridized carbons (Fsp3) is 0.917. The predicted molar refractivity (Wildman–Crippen MR) is 61.1 cm³/mol. The summed E-state index contributed by atoms with van der Waals surface area (Å²) in [5, 5.41) is 2.65. The summed E-state index contributed by atoms with van der Waals surface area (Å²) < 4.78 is 31.6. The lowest BCUT2D eigenvalue weighted by Crippen LogP contribution is -2.45. The van der Waals surface area contributed by atoms with Crippen LogP contribution in [-0.2, 0) is 4.74 Å². The molecule has 100 valence electrons. The first-order chi connectivity index (χ1) is 7.60. The minimum Gasteiger partial charge on any atom is -0.444 e. The molecule has 0 heterocycles. The van der Waals surface area contributed by atoms with Gasteiger partial charge in [-0.1, -0.05) is 6.92 Å². The van der Waals surface area contributed by atoms with Crippen LogP contribution in [-0.4, -0.2) is 23.7 Å². The molecule has 0 bridgehead atoms. The molecule has 1 fully saturated rings. The van der Waals surface area contributed by atoms with E-state index >= 15 is 0 Å².